The largest absolute Gasteiger partial charge is 0.481 e. The van der Waals surface area contributed by atoms with Gasteiger partial charge in [0.2, 0.25) is 5.91 Å². The molecule has 0 radical (unpaired) electrons. The van der Waals surface area contributed by atoms with Gasteiger partial charge in [0.15, 0.2) is 0 Å². The number of rotatable bonds is 6. The highest BCUT2D eigenvalue weighted by molar-refractivity contribution is 5.87. The summed E-state index contributed by atoms with van der Waals surface area (Å²) in [7, 11) is 0. The Morgan fingerprint density at radius 2 is 2.04 bits per heavy atom. The van der Waals surface area contributed by atoms with E-state index in [9.17, 15) is 14.7 Å². The van der Waals surface area contributed by atoms with Gasteiger partial charge in [-0.05, 0) is 44.2 Å². The van der Waals surface area contributed by atoms with Crippen molar-refractivity contribution < 1.29 is 14.7 Å². The Morgan fingerprint density at radius 1 is 1.27 bits per heavy atom. The number of carboxylic acid groups (broad SMARTS) is 1. The first-order chi connectivity index (χ1) is 12.5. The summed E-state index contributed by atoms with van der Waals surface area (Å²) in [6.45, 7) is 3.41. The van der Waals surface area contributed by atoms with E-state index in [2.05, 4.69) is 15.2 Å². The molecule has 2 unspecified atom stereocenters. The van der Waals surface area contributed by atoms with Crippen molar-refractivity contribution in [3.8, 4) is 0 Å². The van der Waals surface area contributed by atoms with Crippen LogP contribution >= 0.6 is 0 Å². The van der Waals surface area contributed by atoms with Crippen LogP contribution in [-0.2, 0) is 9.59 Å². The molecule has 1 aliphatic heterocycles. The van der Waals surface area contributed by atoms with Crippen molar-refractivity contribution in [1.82, 2.24) is 10.3 Å². The second-order valence-electron chi connectivity index (χ2n) is 7.92. The SMILES string of the molecule is CC(CC(=O)O)(C(=O)NC1CCN(c2ccccn2)C1)C1CCCCC1. The average Bonchev–Trinajstić information content (AvgIpc) is 3.11. The predicted octanol–water partition coefficient (Wildman–Crippen LogP) is 2.84. The summed E-state index contributed by atoms with van der Waals surface area (Å²) < 4.78 is 0. The van der Waals surface area contributed by atoms with Crippen LogP contribution in [0, 0.1) is 11.3 Å². The zero-order valence-electron chi connectivity index (χ0n) is 15.5. The predicted molar refractivity (Wildman–Crippen MR) is 99.9 cm³/mol. The third kappa shape index (κ3) is 4.17. The monoisotopic (exact) mass is 359 g/mol. The fraction of sp³-hybridized carbons (Fsp3) is 0.650. The van der Waals surface area contributed by atoms with Gasteiger partial charge in [0, 0.05) is 25.3 Å². The molecule has 0 bridgehead atoms. The number of carbonyl (C=O) groups excluding carboxylic acids is 1. The van der Waals surface area contributed by atoms with Crippen molar-refractivity contribution in [2.45, 2.75) is 57.9 Å². The summed E-state index contributed by atoms with van der Waals surface area (Å²) in [5, 5.41) is 12.5. The van der Waals surface area contributed by atoms with Gasteiger partial charge in [-0.2, -0.15) is 0 Å². The number of hydrogen-bond acceptors (Lipinski definition) is 4. The number of hydrogen-bond donors (Lipinski definition) is 2. The fourth-order valence-electron chi connectivity index (χ4n) is 4.44. The topological polar surface area (TPSA) is 82.5 Å². The summed E-state index contributed by atoms with van der Waals surface area (Å²) in [5.41, 5.74) is -0.829. The molecule has 2 atom stereocenters. The van der Waals surface area contributed by atoms with Crippen LogP contribution < -0.4 is 10.2 Å². The second-order valence-corrected chi connectivity index (χ2v) is 7.92. The van der Waals surface area contributed by atoms with Gasteiger partial charge in [-0.15, -0.1) is 0 Å². The van der Waals surface area contributed by atoms with E-state index in [4.69, 9.17) is 0 Å². The molecule has 2 heterocycles. The maximum Gasteiger partial charge on any atom is 0.304 e. The quantitative estimate of drug-likeness (QED) is 0.816. The Morgan fingerprint density at radius 3 is 2.69 bits per heavy atom. The van der Waals surface area contributed by atoms with Crippen molar-refractivity contribution in [1.29, 1.82) is 0 Å². The van der Waals surface area contributed by atoms with Crippen molar-refractivity contribution in [3.63, 3.8) is 0 Å². The molecule has 1 aromatic rings. The number of carboxylic acids is 1. The van der Waals surface area contributed by atoms with Crippen molar-refractivity contribution in [2.75, 3.05) is 18.0 Å². The molecular weight excluding hydrogens is 330 g/mol. The van der Waals surface area contributed by atoms with E-state index in [1.165, 1.54) is 6.42 Å². The van der Waals surface area contributed by atoms with E-state index < -0.39 is 11.4 Å². The molecule has 6 nitrogen and oxygen atoms in total. The molecule has 2 N–H and O–H groups in total. The maximum atomic E-state index is 13.1. The van der Waals surface area contributed by atoms with E-state index in [1.807, 2.05) is 25.1 Å². The molecule has 1 aliphatic carbocycles. The summed E-state index contributed by atoms with van der Waals surface area (Å²) in [6.07, 6.45) is 7.78. The van der Waals surface area contributed by atoms with Gasteiger partial charge in [-0.1, -0.05) is 25.3 Å². The molecule has 1 saturated heterocycles. The Labute approximate surface area is 155 Å². The minimum absolute atomic E-state index is 0.0428. The molecular formula is C20H29N3O3. The molecule has 0 aromatic carbocycles. The summed E-state index contributed by atoms with van der Waals surface area (Å²) >= 11 is 0. The van der Waals surface area contributed by atoms with Crippen LogP contribution in [0.1, 0.15) is 51.9 Å². The van der Waals surface area contributed by atoms with Gasteiger partial charge in [-0.3, -0.25) is 9.59 Å². The van der Waals surface area contributed by atoms with Crippen LogP contribution in [0.2, 0.25) is 0 Å². The number of anilines is 1. The zero-order chi connectivity index (χ0) is 18.6. The van der Waals surface area contributed by atoms with E-state index in [0.29, 0.717) is 0 Å². The molecule has 3 rings (SSSR count). The lowest BCUT2D eigenvalue weighted by atomic mass is 9.67. The molecule has 1 aromatic heterocycles. The van der Waals surface area contributed by atoms with Crippen LogP contribution in [-0.4, -0.2) is 41.1 Å². The average molecular weight is 359 g/mol. The van der Waals surface area contributed by atoms with Gasteiger partial charge < -0.3 is 15.3 Å². The Balaban J connectivity index is 1.65. The fourth-order valence-corrected chi connectivity index (χ4v) is 4.44. The van der Waals surface area contributed by atoms with Crippen LogP contribution in [0.3, 0.4) is 0 Å². The lowest BCUT2D eigenvalue weighted by molar-refractivity contribution is -0.148. The number of nitrogens with one attached hydrogen (secondary N) is 1. The van der Waals surface area contributed by atoms with Gasteiger partial charge in [0.05, 0.1) is 11.8 Å². The normalized spacial score (nSPS) is 23.4. The van der Waals surface area contributed by atoms with Crippen LogP contribution in [0.25, 0.3) is 0 Å². The number of aromatic nitrogens is 1. The van der Waals surface area contributed by atoms with E-state index in [1.54, 1.807) is 6.20 Å². The third-order valence-corrected chi connectivity index (χ3v) is 6.04. The molecule has 26 heavy (non-hydrogen) atoms. The first-order valence-corrected chi connectivity index (χ1v) is 9.68. The molecule has 0 spiro atoms. The Hall–Kier alpha value is -2.11. The first-order valence-electron chi connectivity index (χ1n) is 9.68. The number of nitrogens with zero attached hydrogens (tertiary/aromatic N) is 2. The smallest absolute Gasteiger partial charge is 0.304 e. The highest BCUT2D eigenvalue weighted by Gasteiger charge is 2.44. The molecule has 1 saturated carbocycles. The van der Waals surface area contributed by atoms with E-state index in [-0.39, 0.29) is 24.3 Å². The van der Waals surface area contributed by atoms with Crippen molar-refractivity contribution >= 4 is 17.7 Å². The highest BCUT2D eigenvalue weighted by Crippen LogP contribution is 2.41. The summed E-state index contributed by atoms with van der Waals surface area (Å²) in [6, 6.07) is 5.86. The lowest BCUT2D eigenvalue weighted by Gasteiger charge is -2.38. The molecule has 2 fully saturated rings. The Kier molecular flexibility index (Phi) is 5.79. The van der Waals surface area contributed by atoms with E-state index in [0.717, 1.165) is 51.0 Å². The minimum Gasteiger partial charge on any atom is -0.481 e. The van der Waals surface area contributed by atoms with Crippen LogP contribution in [0.15, 0.2) is 24.4 Å². The third-order valence-electron chi connectivity index (χ3n) is 6.04. The van der Waals surface area contributed by atoms with Gasteiger partial charge >= 0.3 is 5.97 Å². The van der Waals surface area contributed by atoms with Crippen molar-refractivity contribution in [3.05, 3.63) is 24.4 Å². The molecule has 2 aliphatic rings. The van der Waals surface area contributed by atoms with Crippen LogP contribution in [0.4, 0.5) is 5.82 Å². The number of aliphatic carboxylic acids is 1. The molecule has 1 amide bonds. The lowest BCUT2D eigenvalue weighted by Crippen LogP contribution is -2.49. The summed E-state index contributed by atoms with van der Waals surface area (Å²) in [4.78, 5) is 31.1. The highest BCUT2D eigenvalue weighted by atomic mass is 16.4. The second kappa shape index (κ2) is 8.06. The Bertz CT molecular complexity index is 630. The summed E-state index contributed by atoms with van der Waals surface area (Å²) in [5.74, 6) is 0.0832. The number of carbonyl (C=O) groups is 2. The number of amides is 1. The van der Waals surface area contributed by atoms with Gasteiger partial charge in [0.1, 0.15) is 5.82 Å². The minimum atomic E-state index is -0.894. The molecule has 142 valence electrons. The standard InChI is InChI=1S/C20H29N3O3/c1-20(13-18(24)25,15-7-3-2-4-8-15)19(26)22-16-10-12-23(14-16)17-9-5-6-11-21-17/h5-6,9,11,15-16H,2-4,7-8,10,12-14H2,1H3,(H,22,26)(H,24,25). The van der Waals surface area contributed by atoms with Crippen LogP contribution in [0.5, 0.6) is 0 Å². The first kappa shape index (κ1) is 18.7. The molecule has 6 heteroatoms. The van der Waals surface area contributed by atoms with Gasteiger partial charge in [-0.25, -0.2) is 4.98 Å². The van der Waals surface area contributed by atoms with E-state index >= 15 is 0 Å². The van der Waals surface area contributed by atoms with Gasteiger partial charge in [0.25, 0.3) is 0 Å². The zero-order valence-corrected chi connectivity index (χ0v) is 15.5. The number of pyridine rings is 1. The maximum absolute atomic E-state index is 13.1. The van der Waals surface area contributed by atoms with Crippen molar-refractivity contribution in [2.24, 2.45) is 11.3 Å².